The molecular formula is C20H35NO5. The van der Waals surface area contributed by atoms with Crippen molar-refractivity contribution in [2.75, 3.05) is 6.61 Å². The van der Waals surface area contributed by atoms with Crippen molar-refractivity contribution in [3.63, 3.8) is 0 Å². The fraction of sp³-hybridized carbons (Fsp3) is 0.850. The number of aliphatic hydroxyl groups excluding tert-OH is 2. The van der Waals surface area contributed by atoms with E-state index in [1.54, 1.807) is 0 Å². The van der Waals surface area contributed by atoms with Gasteiger partial charge >= 0.3 is 5.97 Å². The molecule has 0 heterocycles. The number of carboxylic acid groups (broad SMARTS) is 1. The number of carbonyl (C=O) groups is 1. The molecule has 4 N–H and O–H groups in total. The third-order valence-electron chi connectivity index (χ3n) is 5.79. The van der Waals surface area contributed by atoms with Crippen molar-refractivity contribution >= 4 is 5.97 Å². The molecule has 0 aliphatic heterocycles. The summed E-state index contributed by atoms with van der Waals surface area (Å²) >= 11 is 0. The number of aliphatic hydroxyl groups is 2. The number of carboxylic acids is 1. The van der Waals surface area contributed by atoms with Crippen molar-refractivity contribution in [1.29, 1.82) is 0 Å². The Morgan fingerprint density at radius 2 is 1.92 bits per heavy atom. The van der Waals surface area contributed by atoms with Crippen LogP contribution in [0.1, 0.15) is 77.6 Å². The summed E-state index contributed by atoms with van der Waals surface area (Å²) in [6.45, 7) is 1.84. The first-order valence-corrected chi connectivity index (χ1v) is 10.2. The molecule has 2 aliphatic rings. The van der Waals surface area contributed by atoms with Gasteiger partial charge in [0.25, 0.3) is 0 Å². The fourth-order valence-electron chi connectivity index (χ4n) is 4.18. The molecule has 0 spiro atoms. The van der Waals surface area contributed by atoms with Gasteiger partial charge in [-0.2, -0.15) is 0 Å². The molecule has 1 fully saturated rings. The summed E-state index contributed by atoms with van der Waals surface area (Å²) in [4.78, 5) is 15.4. The van der Waals surface area contributed by atoms with E-state index in [1.165, 1.54) is 37.7 Å². The van der Waals surface area contributed by atoms with Gasteiger partial charge < -0.3 is 15.3 Å². The van der Waals surface area contributed by atoms with E-state index in [9.17, 15) is 15.0 Å². The molecule has 0 radical (unpaired) electrons. The molecule has 4 atom stereocenters. The lowest BCUT2D eigenvalue weighted by Gasteiger charge is -2.30. The van der Waals surface area contributed by atoms with E-state index >= 15 is 0 Å². The Bertz CT molecular complexity index is 479. The zero-order chi connectivity index (χ0) is 18.9. The van der Waals surface area contributed by atoms with Crippen molar-refractivity contribution in [3.05, 3.63) is 11.3 Å². The number of nitrogens with one attached hydrogen (secondary N) is 1. The molecule has 0 aromatic heterocycles. The van der Waals surface area contributed by atoms with E-state index in [4.69, 9.17) is 9.94 Å². The van der Waals surface area contributed by atoms with Gasteiger partial charge in [-0.05, 0) is 43.6 Å². The third-order valence-corrected chi connectivity index (χ3v) is 5.79. The minimum atomic E-state index is -1.01. The average molecular weight is 370 g/mol. The maximum Gasteiger partial charge on any atom is 0.332 e. The molecule has 6 nitrogen and oxygen atoms in total. The highest BCUT2D eigenvalue weighted by Crippen LogP contribution is 2.49. The van der Waals surface area contributed by atoms with Gasteiger partial charge in [-0.15, -0.1) is 0 Å². The molecule has 2 aliphatic carbocycles. The fourth-order valence-corrected chi connectivity index (χ4v) is 4.18. The number of aliphatic carboxylic acids is 1. The molecular weight excluding hydrogens is 334 g/mol. The Balaban J connectivity index is 1.62. The standard InChI is InChI=1S/C20H35NO5/c1-2-3-4-5-6-7-8-15(22)10-9-14-11-16-17(20(14)25)12-18(16)21-26-13-19(23)24/h14-15,17,20-22,25H,2-13H2,1H3,(H,23,24). The molecule has 0 saturated heterocycles. The number of hydroxylamine groups is 1. The van der Waals surface area contributed by atoms with Crippen LogP contribution in [0.5, 0.6) is 0 Å². The zero-order valence-electron chi connectivity index (χ0n) is 16.0. The van der Waals surface area contributed by atoms with Gasteiger partial charge in [0.15, 0.2) is 6.61 Å². The van der Waals surface area contributed by atoms with Crippen molar-refractivity contribution < 1.29 is 25.0 Å². The van der Waals surface area contributed by atoms with Crippen LogP contribution in [-0.4, -0.2) is 40.1 Å². The SMILES string of the molecule is CCCCCCCCC(O)CCC1CC2=C(NOCC(=O)O)CC2C1O. The summed E-state index contributed by atoms with van der Waals surface area (Å²) in [5.74, 6) is -0.651. The zero-order valence-corrected chi connectivity index (χ0v) is 16.0. The Morgan fingerprint density at radius 3 is 2.65 bits per heavy atom. The topological polar surface area (TPSA) is 99.0 Å². The van der Waals surface area contributed by atoms with E-state index in [1.807, 2.05) is 0 Å². The largest absolute Gasteiger partial charge is 0.479 e. The molecule has 0 aromatic carbocycles. The van der Waals surface area contributed by atoms with Crippen LogP contribution < -0.4 is 5.48 Å². The Kier molecular flexibility index (Phi) is 8.88. The van der Waals surface area contributed by atoms with Crippen LogP contribution >= 0.6 is 0 Å². The second-order valence-electron chi connectivity index (χ2n) is 7.84. The summed E-state index contributed by atoms with van der Waals surface area (Å²) in [6, 6.07) is 0. The molecule has 1 saturated carbocycles. The van der Waals surface area contributed by atoms with E-state index in [0.717, 1.165) is 37.8 Å². The second kappa shape index (κ2) is 10.9. The Morgan fingerprint density at radius 1 is 1.19 bits per heavy atom. The van der Waals surface area contributed by atoms with E-state index in [-0.39, 0.29) is 30.7 Å². The summed E-state index contributed by atoms with van der Waals surface area (Å²) in [5, 5.41) is 29.2. The molecule has 0 bridgehead atoms. The van der Waals surface area contributed by atoms with Gasteiger partial charge in [0, 0.05) is 11.6 Å². The van der Waals surface area contributed by atoms with Gasteiger partial charge in [-0.1, -0.05) is 45.4 Å². The summed E-state index contributed by atoms with van der Waals surface area (Å²) < 4.78 is 0. The minimum Gasteiger partial charge on any atom is -0.479 e. The number of unbranched alkanes of at least 4 members (excludes halogenated alkanes) is 5. The molecule has 6 heteroatoms. The van der Waals surface area contributed by atoms with Crippen molar-refractivity contribution in [2.45, 2.75) is 89.8 Å². The van der Waals surface area contributed by atoms with Crippen LogP contribution in [0.3, 0.4) is 0 Å². The van der Waals surface area contributed by atoms with Crippen LogP contribution in [0.4, 0.5) is 0 Å². The second-order valence-corrected chi connectivity index (χ2v) is 7.84. The normalized spacial score (nSPS) is 25.7. The van der Waals surface area contributed by atoms with Crippen molar-refractivity contribution in [2.24, 2.45) is 11.8 Å². The summed E-state index contributed by atoms with van der Waals surface area (Å²) in [5.41, 5.74) is 4.80. The van der Waals surface area contributed by atoms with Crippen LogP contribution in [-0.2, 0) is 9.63 Å². The first kappa shape index (κ1) is 21.2. The first-order chi connectivity index (χ1) is 12.5. The summed E-state index contributed by atoms with van der Waals surface area (Å²) in [6.07, 6.45) is 10.7. The number of hydrogen-bond donors (Lipinski definition) is 4. The van der Waals surface area contributed by atoms with Gasteiger partial charge in [0.2, 0.25) is 0 Å². The van der Waals surface area contributed by atoms with Gasteiger partial charge in [0.05, 0.1) is 12.2 Å². The van der Waals surface area contributed by atoms with Crippen LogP contribution in [0.15, 0.2) is 11.3 Å². The molecule has 150 valence electrons. The summed E-state index contributed by atoms with van der Waals surface area (Å²) in [7, 11) is 0. The molecule has 0 amide bonds. The van der Waals surface area contributed by atoms with E-state index < -0.39 is 5.97 Å². The minimum absolute atomic E-state index is 0.173. The monoisotopic (exact) mass is 369 g/mol. The predicted octanol–water partition coefficient (Wildman–Crippen LogP) is 3.14. The highest BCUT2D eigenvalue weighted by molar-refractivity contribution is 5.67. The lowest BCUT2D eigenvalue weighted by molar-refractivity contribution is -0.144. The molecule has 0 aromatic rings. The lowest BCUT2D eigenvalue weighted by Crippen LogP contribution is -2.32. The van der Waals surface area contributed by atoms with Gasteiger partial charge in [0.1, 0.15) is 0 Å². The number of allylic oxidation sites excluding steroid dienone is 1. The number of rotatable bonds is 14. The highest BCUT2D eigenvalue weighted by atomic mass is 16.7. The molecule has 4 unspecified atom stereocenters. The smallest absolute Gasteiger partial charge is 0.332 e. The van der Waals surface area contributed by atoms with Gasteiger partial charge in [-0.3, -0.25) is 10.3 Å². The van der Waals surface area contributed by atoms with E-state index in [2.05, 4.69) is 12.4 Å². The van der Waals surface area contributed by atoms with Crippen LogP contribution in [0.25, 0.3) is 0 Å². The van der Waals surface area contributed by atoms with Gasteiger partial charge in [-0.25, -0.2) is 4.79 Å². The maximum atomic E-state index is 10.5. The van der Waals surface area contributed by atoms with Crippen molar-refractivity contribution in [3.8, 4) is 0 Å². The third kappa shape index (κ3) is 6.25. The maximum absolute atomic E-state index is 10.5. The quantitative estimate of drug-likeness (QED) is 0.277. The van der Waals surface area contributed by atoms with Crippen LogP contribution in [0.2, 0.25) is 0 Å². The average Bonchev–Trinajstić information content (AvgIpc) is 2.83. The van der Waals surface area contributed by atoms with Crippen molar-refractivity contribution in [1.82, 2.24) is 5.48 Å². The lowest BCUT2D eigenvalue weighted by atomic mass is 9.83. The first-order valence-electron chi connectivity index (χ1n) is 10.2. The number of fused-ring (bicyclic) bond motifs is 1. The Hall–Kier alpha value is -1.11. The number of hydrogen-bond acceptors (Lipinski definition) is 5. The highest BCUT2D eigenvalue weighted by Gasteiger charge is 2.45. The molecule has 2 rings (SSSR count). The molecule has 26 heavy (non-hydrogen) atoms. The Labute approximate surface area is 156 Å². The van der Waals surface area contributed by atoms with E-state index in [0.29, 0.717) is 6.42 Å². The van der Waals surface area contributed by atoms with Crippen LogP contribution in [0, 0.1) is 11.8 Å². The predicted molar refractivity (Wildman–Crippen MR) is 99.2 cm³/mol.